The number of allylic oxidation sites excluding steroid dienone is 2. The number of amides is 1. The van der Waals surface area contributed by atoms with Gasteiger partial charge in [0.2, 0.25) is 5.91 Å². The van der Waals surface area contributed by atoms with E-state index in [1.807, 2.05) is 18.7 Å². The monoisotopic (exact) mass is 331 g/mol. The summed E-state index contributed by atoms with van der Waals surface area (Å²) in [5.74, 6) is 0.852. The summed E-state index contributed by atoms with van der Waals surface area (Å²) in [6, 6.07) is 0. The fourth-order valence-electron chi connectivity index (χ4n) is 3.79. The van der Waals surface area contributed by atoms with Crippen LogP contribution in [0.1, 0.15) is 42.6 Å². The summed E-state index contributed by atoms with van der Waals surface area (Å²) in [6.07, 6.45) is 8.75. The average Bonchev–Trinajstić information content (AvgIpc) is 3.19. The fourth-order valence-corrected chi connectivity index (χ4v) is 3.79. The molecule has 0 aromatic carbocycles. The van der Waals surface area contributed by atoms with Crippen molar-refractivity contribution < 1.29 is 9.53 Å². The highest BCUT2D eigenvalue weighted by Crippen LogP contribution is 2.25. The van der Waals surface area contributed by atoms with Crippen molar-refractivity contribution in [2.45, 2.75) is 46.1 Å². The van der Waals surface area contributed by atoms with Gasteiger partial charge in [0.1, 0.15) is 0 Å². The van der Waals surface area contributed by atoms with Crippen molar-refractivity contribution in [3.63, 3.8) is 0 Å². The topological polar surface area (TPSA) is 47.4 Å². The van der Waals surface area contributed by atoms with E-state index < -0.39 is 0 Å². The van der Waals surface area contributed by atoms with Crippen LogP contribution in [-0.2, 0) is 23.1 Å². The molecule has 0 radical (unpaired) electrons. The molecule has 1 saturated heterocycles. The molecule has 0 saturated carbocycles. The van der Waals surface area contributed by atoms with Crippen LogP contribution in [0.4, 0.5) is 0 Å². The van der Waals surface area contributed by atoms with Crippen LogP contribution in [0.25, 0.3) is 0 Å². The van der Waals surface area contributed by atoms with E-state index in [0.29, 0.717) is 25.7 Å². The van der Waals surface area contributed by atoms with Crippen molar-refractivity contribution in [1.82, 2.24) is 14.7 Å². The molecule has 1 aliphatic heterocycles. The summed E-state index contributed by atoms with van der Waals surface area (Å²) in [4.78, 5) is 15.1. The van der Waals surface area contributed by atoms with Crippen molar-refractivity contribution in [2.24, 2.45) is 18.9 Å². The number of rotatable bonds is 5. The lowest BCUT2D eigenvalue weighted by molar-refractivity contribution is -0.136. The van der Waals surface area contributed by atoms with Crippen LogP contribution in [0.15, 0.2) is 12.2 Å². The molecule has 1 aliphatic carbocycles. The number of carbonyl (C=O) groups excluding carboxylic acids is 1. The SMILES string of the molecule is Cc1nn(C)c(C)c1CN(C[C@H]1CC=CCC1)C(=O)[C@@H]1CCOC1. The van der Waals surface area contributed by atoms with E-state index in [9.17, 15) is 4.79 Å². The minimum atomic E-state index is 0.0291. The summed E-state index contributed by atoms with van der Waals surface area (Å²) in [5, 5.41) is 4.51. The first-order valence-electron chi connectivity index (χ1n) is 9.07. The molecule has 0 spiro atoms. The van der Waals surface area contributed by atoms with Gasteiger partial charge in [0, 0.05) is 38.0 Å². The molecular formula is C19H29N3O2. The molecule has 0 N–H and O–H groups in total. The van der Waals surface area contributed by atoms with Gasteiger partial charge in [-0.3, -0.25) is 9.48 Å². The molecule has 5 heteroatoms. The van der Waals surface area contributed by atoms with Crippen LogP contribution in [0.5, 0.6) is 0 Å². The van der Waals surface area contributed by atoms with Gasteiger partial charge in [-0.15, -0.1) is 0 Å². The van der Waals surface area contributed by atoms with Crippen LogP contribution in [0, 0.1) is 25.7 Å². The Kier molecular flexibility index (Phi) is 5.39. The van der Waals surface area contributed by atoms with Crippen LogP contribution >= 0.6 is 0 Å². The molecule has 2 atom stereocenters. The van der Waals surface area contributed by atoms with Gasteiger partial charge >= 0.3 is 0 Å². The number of ether oxygens (including phenoxy) is 1. The van der Waals surface area contributed by atoms with Crippen LogP contribution in [-0.4, -0.2) is 40.3 Å². The van der Waals surface area contributed by atoms with Gasteiger partial charge in [0.15, 0.2) is 0 Å². The molecule has 1 amide bonds. The van der Waals surface area contributed by atoms with Gasteiger partial charge in [0.05, 0.1) is 18.2 Å². The number of hydrogen-bond acceptors (Lipinski definition) is 3. The molecule has 1 aromatic heterocycles. The third kappa shape index (κ3) is 3.72. The van der Waals surface area contributed by atoms with Crippen LogP contribution in [0.3, 0.4) is 0 Å². The molecule has 2 aliphatic rings. The summed E-state index contributed by atoms with van der Waals surface area (Å²) in [5.41, 5.74) is 3.37. The van der Waals surface area contributed by atoms with Gasteiger partial charge in [-0.1, -0.05) is 12.2 Å². The van der Waals surface area contributed by atoms with Gasteiger partial charge in [-0.25, -0.2) is 0 Å². The molecule has 5 nitrogen and oxygen atoms in total. The lowest BCUT2D eigenvalue weighted by Crippen LogP contribution is -2.39. The van der Waals surface area contributed by atoms with Crippen molar-refractivity contribution in [3.8, 4) is 0 Å². The first kappa shape index (κ1) is 17.2. The zero-order valence-electron chi connectivity index (χ0n) is 15.1. The Balaban J connectivity index is 1.77. The zero-order valence-corrected chi connectivity index (χ0v) is 15.1. The Morgan fingerprint density at radius 1 is 1.38 bits per heavy atom. The first-order chi connectivity index (χ1) is 11.6. The van der Waals surface area contributed by atoms with E-state index in [1.54, 1.807) is 0 Å². The van der Waals surface area contributed by atoms with Crippen LogP contribution in [0.2, 0.25) is 0 Å². The van der Waals surface area contributed by atoms with Crippen molar-refractivity contribution in [1.29, 1.82) is 0 Å². The second kappa shape index (κ2) is 7.51. The Morgan fingerprint density at radius 2 is 2.21 bits per heavy atom. The Hall–Kier alpha value is -1.62. The zero-order chi connectivity index (χ0) is 17.1. The highest BCUT2D eigenvalue weighted by molar-refractivity contribution is 5.79. The number of aryl methyl sites for hydroxylation is 2. The molecule has 0 bridgehead atoms. The fraction of sp³-hybridized carbons (Fsp3) is 0.684. The molecule has 2 heterocycles. The first-order valence-corrected chi connectivity index (χ1v) is 9.07. The maximum Gasteiger partial charge on any atom is 0.228 e. The van der Waals surface area contributed by atoms with Crippen molar-refractivity contribution in [3.05, 3.63) is 29.1 Å². The molecule has 1 aromatic rings. The molecule has 0 unspecified atom stereocenters. The van der Waals surface area contributed by atoms with Crippen molar-refractivity contribution >= 4 is 5.91 Å². The molecule has 1 fully saturated rings. The molecule has 24 heavy (non-hydrogen) atoms. The largest absolute Gasteiger partial charge is 0.381 e. The summed E-state index contributed by atoms with van der Waals surface area (Å²) < 4.78 is 7.36. The second-order valence-electron chi connectivity index (χ2n) is 7.20. The Morgan fingerprint density at radius 3 is 2.79 bits per heavy atom. The van der Waals surface area contributed by atoms with E-state index in [0.717, 1.165) is 37.2 Å². The van der Waals surface area contributed by atoms with E-state index in [-0.39, 0.29) is 11.8 Å². The van der Waals surface area contributed by atoms with E-state index in [4.69, 9.17) is 4.74 Å². The normalized spacial score (nSPS) is 23.6. The second-order valence-corrected chi connectivity index (χ2v) is 7.20. The number of aromatic nitrogens is 2. The van der Waals surface area contributed by atoms with E-state index in [1.165, 1.54) is 12.0 Å². The van der Waals surface area contributed by atoms with Gasteiger partial charge in [-0.2, -0.15) is 5.10 Å². The van der Waals surface area contributed by atoms with E-state index >= 15 is 0 Å². The third-order valence-electron chi connectivity index (χ3n) is 5.45. The molecule has 3 rings (SSSR count). The maximum absolute atomic E-state index is 13.1. The summed E-state index contributed by atoms with van der Waals surface area (Å²) >= 11 is 0. The smallest absolute Gasteiger partial charge is 0.228 e. The van der Waals surface area contributed by atoms with Crippen molar-refractivity contribution in [2.75, 3.05) is 19.8 Å². The lowest BCUT2D eigenvalue weighted by atomic mass is 9.93. The van der Waals surface area contributed by atoms with Gasteiger partial charge < -0.3 is 9.64 Å². The molecule has 132 valence electrons. The quantitative estimate of drug-likeness (QED) is 0.780. The predicted molar refractivity (Wildman–Crippen MR) is 93.5 cm³/mol. The summed E-state index contributed by atoms with van der Waals surface area (Å²) in [7, 11) is 1.97. The number of nitrogens with zero attached hydrogens (tertiary/aromatic N) is 3. The number of hydrogen-bond donors (Lipinski definition) is 0. The standard InChI is InChI=1S/C19H29N3O2/c1-14-18(15(2)21(3)20-14)12-22(11-16-7-5-4-6-8-16)19(23)17-9-10-24-13-17/h4-5,16-17H,6-13H2,1-3H3/t16-,17+/m0/s1. The molecular weight excluding hydrogens is 302 g/mol. The summed E-state index contributed by atoms with van der Waals surface area (Å²) in [6.45, 7) is 6.91. The highest BCUT2D eigenvalue weighted by atomic mass is 16.5. The van der Waals surface area contributed by atoms with Gasteiger partial charge in [0.25, 0.3) is 0 Å². The van der Waals surface area contributed by atoms with Crippen LogP contribution < -0.4 is 0 Å². The third-order valence-corrected chi connectivity index (χ3v) is 5.45. The minimum absolute atomic E-state index is 0.0291. The number of carbonyl (C=O) groups is 1. The lowest BCUT2D eigenvalue weighted by Gasteiger charge is -2.30. The predicted octanol–water partition coefficient (Wildman–Crippen LogP) is 2.76. The average molecular weight is 331 g/mol. The minimum Gasteiger partial charge on any atom is -0.381 e. The van der Waals surface area contributed by atoms with E-state index in [2.05, 4.69) is 29.1 Å². The Labute approximate surface area is 144 Å². The highest BCUT2D eigenvalue weighted by Gasteiger charge is 2.30. The Bertz CT molecular complexity index is 614. The maximum atomic E-state index is 13.1. The van der Waals surface area contributed by atoms with Gasteiger partial charge in [-0.05, 0) is 45.4 Å².